The van der Waals surface area contributed by atoms with Crippen LogP contribution in [0.3, 0.4) is 0 Å². The predicted octanol–water partition coefficient (Wildman–Crippen LogP) is 3.18. The highest BCUT2D eigenvalue weighted by Gasteiger charge is 2.14. The lowest BCUT2D eigenvalue weighted by Gasteiger charge is -2.07. The summed E-state index contributed by atoms with van der Waals surface area (Å²) in [4.78, 5) is 22.2. The van der Waals surface area contributed by atoms with E-state index in [0.29, 0.717) is 12.4 Å². The lowest BCUT2D eigenvalue weighted by molar-refractivity contribution is 0.0914. The van der Waals surface area contributed by atoms with Gasteiger partial charge >= 0.3 is 0 Å². The summed E-state index contributed by atoms with van der Waals surface area (Å²) in [7, 11) is 0. The maximum atomic E-state index is 13.5. The van der Waals surface area contributed by atoms with Crippen molar-refractivity contribution < 1.29 is 27.5 Å². The van der Waals surface area contributed by atoms with Gasteiger partial charge in [0.05, 0.1) is 5.56 Å². The standard InChI is InChI=1S/C15H9F3O3/c16-10-2-3-11(12(17)6-10)14(20)8-21-15-4-1-9(7-19)5-13(15)18/h1-7H,8H2. The van der Waals surface area contributed by atoms with Gasteiger partial charge in [0.2, 0.25) is 5.78 Å². The fourth-order valence-corrected chi connectivity index (χ4v) is 1.64. The van der Waals surface area contributed by atoms with Crippen LogP contribution in [0.4, 0.5) is 13.2 Å². The van der Waals surface area contributed by atoms with E-state index in [0.717, 1.165) is 18.2 Å². The summed E-state index contributed by atoms with van der Waals surface area (Å²) in [6.07, 6.45) is 0.464. The Morgan fingerprint density at radius 1 is 1.05 bits per heavy atom. The molecule has 6 heteroatoms. The Hall–Kier alpha value is -2.63. The van der Waals surface area contributed by atoms with Gasteiger partial charge < -0.3 is 4.74 Å². The average Bonchev–Trinajstić information content (AvgIpc) is 2.45. The number of ketones is 1. The molecule has 2 aromatic carbocycles. The van der Waals surface area contributed by atoms with E-state index in [9.17, 15) is 22.8 Å². The third-order valence-corrected chi connectivity index (χ3v) is 2.68. The largest absolute Gasteiger partial charge is 0.482 e. The minimum Gasteiger partial charge on any atom is -0.482 e. The van der Waals surface area contributed by atoms with Crippen LogP contribution in [0.5, 0.6) is 5.75 Å². The molecule has 0 amide bonds. The van der Waals surface area contributed by atoms with E-state index in [1.807, 2.05) is 0 Å². The molecule has 0 saturated heterocycles. The SMILES string of the molecule is O=Cc1ccc(OCC(=O)c2ccc(F)cc2F)c(F)c1. The molecule has 21 heavy (non-hydrogen) atoms. The zero-order valence-corrected chi connectivity index (χ0v) is 10.6. The van der Waals surface area contributed by atoms with Gasteiger partial charge in [0.1, 0.15) is 17.9 Å². The molecule has 2 aromatic rings. The zero-order chi connectivity index (χ0) is 15.4. The molecule has 0 spiro atoms. The Morgan fingerprint density at radius 3 is 2.43 bits per heavy atom. The van der Waals surface area contributed by atoms with Crippen LogP contribution in [0.25, 0.3) is 0 Å². The second-order valence-electron chi connectivity index (χ2n) is 4.14. The number of carbonyl (C=O) groups excluding carboxylic acids is 2. The van der Waals surface area contributed by atoms with E-state index in [2.05, 4.69) is 0 Å². The molecule has 0 unspecified atom stereocenters. The van der Waals surface area contributed by atoms with Crippen LogP contribution in [0.15, 0.2) is 36.4 Å². The number of halogens is 3. The van der Waals surface area contributed by atoms with E-state index < -0.39 is 29.8 Å². The number of benzene rings is 2. The molecular weight excluding hydrogens is 285 g/mol. The molecule has 0 aromatic heterocycles. The number of ether oxygens (including phenoxy) is 1. The molecule has 108 valence electrons. The Balaban J connectivity index is 2.09. The summed E-state index contributed by atoms with van der Waals surface area (Å²) in [5.41, 5.74) is -0.225. The fraction of sp³-hybridized carbons (Fsp3) is 0.0667. The summed E-state index contributed by atoms with van der Waals surface area (Å²) < 4.78 is 44.5. The molecule has 0 aliphatic heterocycles. The summed E-state index contributed by atoms with van der Waals surface area (Å²) in [5.74, 6) is -3.63. The van der Waals surface area contributed by atoms with Crippen molar-refractivity contribution >= 4 is 12.1 Å². The van der Waals surface area contributed by atoms with E-state index in [-0.39, 0.29) is 16.9 Å². The molecule has 0 fully saturated rings. The number of hydrogen-bond acceptors (Lipinski definition) is 3. The summed E-state index contributed by atoms with van der Waals surface area (Å²) >= 11 is 0. The number of Topliss-reactive ketones (excluding diaryl/α,β-unsaturated/α-hetero) is 1. The molecule has 0 aliphatic carbocycles. The minimum atomic E-state index is -1.01. The maximum absolute atomic E-state index is 13.5. The van der Waals surface area contributed by atoms with Crippen LogP contribution in [0.2, 0.25) is 0 Å². The van der Waals surface area contributed by atoms with Crippen molar-refractivity contribution in [2.75, 3.05) is 6.61 Å². The number of carbonyl (C=O) groups is 2. The van der Waals surface area contributed by atoms with E-state index in [1.165, 1.54) is 12.1 Å². The van der Waals surface area contributed by atoms with Crippen molar-refractivity contribution in [3.05, 3.63) is 65.0 Å². The van der Waals surface area contributed by atoms with Gasteiger partial charge in [-0.1, -0.05) is 0 Å². The first-order valence-electron chi connectivity index (χ1n) is 5.87. The van der Waals surface area contributed by atoms with E-state index in [4.69, 9.17) is 4.74 Å². The van der Waals surface area contributed by atoms with Crippen molar-refractivity contribution in [2.24, 2.45) is 0 Å². The molecule has 0 atom stereocenters. The van der Waals surface area contributed by atoms with E-state index in [1.54, 1.807) is 0 Å². The van der Waals surface area contributed by atoms with Crippen molar-refractivity contribution in [2.45, 2.75) is 0 Å². The third-order valence-electron chi connectivity index (χ3n) is 2.68. The van der Waals surface area contributed by atoms with Crippen LogP contribution in [0, 0.1) is 17.5 Å². The first kappa shape index (κ1) is 14.8. The van der Waals surface area contributed by atoms with Crippen molar-refractivity contribution in [1.82, 2.24) is 0 Å². The van der Waals surface area contributed by atoms with Crippen LogP contribution in [0.1, 0.15) is 20.7 Å². The van der Waals surface area contributed by atoms with Gasteiger partial charge in [-0.05, 0) is 30.3 Å². The lowest BCUT2D eigenvalue weighted by Crippen LogP contribution is -2.14. The Labute approximate surface area is 118 Å². The highest BCUT2D eigenvalue weighted by molar-refractivity contribution is 5.97. The van der Waals surface area contributed by atoms with Gasteiger partial charge in [0.15, 0.2) is 18.2 Å². The van der Waals surface area contributed by atoms with Gasteiger partial charge in [-0.25, -0.2) is 13.2 Å². The molecule has 0 N–H and O–H groups in total. The van der Waals surface area contributed by atoms with Crippen LogP contribution in [-0.2, 0) is 0 Å². The molecule has 0 aliphatic rings. The van der Waals surface area contributed by atoms with Gasteiger partial charge in [0, 0.05) is 11.6 Å². The first-order valence-corrected chi connectivity index (χ1v) is 5.87. The smallest absolute Gasteiger partial charge is 0.203 e. The molecular formula is C15H9F3O3. The second kappa shape index (κ2) is 6.21. The summed E-state index contributed by atoms with van der Waals surface area (Å²) in [6, 6.07) is 5.96. The van der Waals surface area contributed by atoms with Crippen molar-refractivity contribution in [3.8, 4) is 5.75 Å². The second-order valence-corrected chi connectivity index (χ2v) is 4.14. The molecule has 0 radical (unpaired) electrons. The number of hydrogen-bond donors (Lipinski definition) is 0. The number of aldehydes is 1. The molecule has 2 rings (SSSR count). The van der Waals surface area contributed by atoms with Gasteiger partial charge in [0.25, 0.3) is 0 Å². The van der Waals surface area contributed by atoms with Crippen LogP contribution >= 0.6 is 0 Å². The van der Waals surface area contributed by atoms with Gasteiger partial charge in [-0.3, -0.25) is 9.59 Å². The topological polar surface area (TPSA) is 43.4 Å². The highest BCUT2D eigenvalue weighted by Crippen LogP contribution is 2.18. The number of rotatable bonds is 5. The average molecular weight is 294 g/mol. The lowest BCUT2D eigenvalue weighted by atomic mass is 10.1. The van der Waals surface area contributed by atoms with E-state index >= 15 is 0 Å². The van der Waals surface area contributed by atoms with Crippen molar-refractivity contribution in [3.63, 3.8) is 0 Å². The Kier molecular flexibility index (Phi) is 4.37. The fourth-order valence-electron chi connectivity index (χ4n) is 1.64. The normalized spacial score (nSPS) is 10.2. The summed E-state index contributed by atoms with van der Waals surface area (Å²) in [5, 5.41) is 0. The summed E-state index contributed by atoms with van der Waals surface area (Å²) in [6.45, 7) is -0.611. The quantitative estimate of drug-likeness (QED) is 0.628. The zero-order valence-electron chi connectivity index (χ0n) is 10.6. The van der Waals surface area contributed by atoms with Crippen molar-refractivity contribution in [1.29, 1.82) is 0 Å². The van der Waals surface area contributed by atoms with Crippen LogP contribution < -0.4 is 4.74 Å². The highest BCUT2D eigenvalue weighted by atomic mass is 19.1. The minimum absolute atomic E-state index is 0.121. The Bertz CT molecular complexity index is 699. The molecule has 0 heterocycles. The van der Waals surface area contributed by atoms with Crippen LogP contribution in [-0.4, -0.2) is 18.7 Å². The predicted molar refractivity (Wildman–Crippen MR) is 68.0 cm³/mol. The molecule has 0 saturated carbocycles. The molecule has 3 nitrogen and oxygen atoms in total. The Morgan fingerprint density at radius 2 is 1.81 bits per heavy atom. The third kappa shape index (κ3) is 3.47. The first-order chi connectivity index (χ1) is 10.0. The van der Waals surface area contributed by atoms with Gasteiger partial charge in [-0.2, -0.15) is 0 Å². The monoisotopic (exact) mass is 294 g/mol. The maximum Gasteiger partial charge on any atom is 0.203 e. The molecule has 0 bridgehead atoms. The van der Waals surface area contributed by atoms with Gasteiger partial charge in [-0.15, -0.1) is 0 Å².